The number of rotatable bonds is 2. The van der Waals surface area contributed by atoms with E-state index in [0.29, 0.717) is 5.41 Å². The van der Waals surface area contributed by atoms with Crippen LogP contribution >= 0.6 is 0 Å². The molecular formula is C18H36N2. The fraction of sp³-hybridized carbons (Fsp3) is 1.00. The van der Waals surface area contributed by atoms with E-state index in [4.69, 9.17) is 5.73 Å². The van der Waals surface area contributed by atoms with Crippen LogP contribution in [0.15, 0.2) is 0 Å². The maximum Gasteiger partial charge on any atom is 0.0138 e. The van der Waals surface area contributed by atoms with Gasteiger partial charge in [0.1, 0.15) is 0 Å². The largest absolute Gasteiger partial charge is 0.330 e. The van der Waals surface area contributed by atoms with Crippen molar-refractivity contribution in [2.45, 2.75) is 72.3 Å². The maximum absolute atomic E-state index is 6.09. The second-order valence-electron chi connectivity index (χ2n) is 8.51. The van der Waals surface area contributed by atoms with Crippen molar-refractivity contribution in [1.29, 1.82) is 0 Å². The Labute approximate surface area is 126 Å². The molecule has 4 atom stereocenters. The highest BCUT2D eigenvalue weighted by Gasteiger charge is 2.38. The van der Waals surface area contributed by atoms with Crippen LogP contribution in [-0.2, 0) is 0 Å². The lowest BCUT2D eigenvalue weighted by molar-refractivity contribution is 0.0464. The van der Waals surface area contributed by atoms with Crippen LogP contribution in [0.2, 0.25) is 0 Å². The summed E-state index contributed by atoms with van der Waals surface area (Å²) in [6.45, 7) is 13.2. The topological polar surface area (TPSA) is 29.3 Å². The lowest BCUT2D eigenvalue weighted by Crippen LogP contribution is -2.49. The standard InChI is InChI=1S/C18H36N2/c1-14-6-5-10-20(11-9-14)17-12-16(18(2,3)4)8-7-15(17)13-19/h14-17H,5-13,19H2,1-4H3. The molecule has 20 heavy (non-hydrogen) atoms. The summed E-state index contributed by atoms with van der Waals surface area (Å²) in [4.78, 5) is 2.80. The van der Waals surface area contributed by atoms with Gasteiger partial charge in [0, 0.05) is 6.04 Å². The van der Waals surface area contributed by atoms with Crippen LogP contribution in [-0.4, -0.2) is 30.6 Å². The first-order valence-corrected chi connectivity index (χ1v) is 8.86. The van der Waals surface area contributed by atoms with Crippen molar-refractivity contribution >= 4 is 0 Å². The van der Waals surface area contributed by atoms with Crippen LogP contribution in [0.25, 0.3) is 0 Å². The minimum atomic E-state index is 0.455. The van der Waals surface area contributed by atoms with E-state index in [2.05, 4.69) is 32.6 Å². The Morgan fingerprint density at radius 3 is 2.45 bits per heavy atom. The number of hydrogen-bond acceptors (Lipinski definition) is 2. The van der Waals surface area contributed by atoms with Crippen LogP contribution < -0.4 is 5.73 Å². The average Bonchev–Trinajstić information content (AvgIpc) is 2.61. The first-order chi connectivity index (χ1) is 9.41. The second-order valence-corrected chi connectivity index (χ2v) is 8.51. The van der Waals surface area contributed by atoms with Crippen LogP contribution in [0.1, 0.15) is 66.2 Å². The Hall–Kier alpha value is -0.0800. The highest BCUT2D eigenvalue weighted by molar-refractivity contribution is 4.91. The molecule has 2 N–H and O–H groups in total. The van der Waals surface area contributed by atoms with Gasteiger partial charge in [0.25, 0.3) is 0 Å². The van der Waals surface area contributed by atoms with Crippen LogP contribution in [0.5, 0.6) is 0 Å². The van der Waals surface area contributed by atoms with Gasteiger partial charge in [-0.3, -0.25) is 0 Å². The molecule has 2 nitrogen and oxygen atoms in total. The van der Waals surface area contributed by atoms with Crippen molar-refractivity contribution in [1.82, 2.24) is 4.90 Å². The molecule has 4 unspecified atom stereocenters. The minimum absolute atomic E-state index is 0.455. The van der Waals surface area contributed by atoms with Crippen LogP contribution in [0.3, 0.4) is 0 Å². The van der Waals surface area contributed by atoms with Gasteiger partial charge in [-0.05, 0) is 81.3 Å². The summed E-state index contributed by atoms with van der Waals surface area (Å²) in [7, 11) is 0. The molecule has 1 aliphatic heterocycles. The van der Waals surface area contributed by atoms with Gasteiger partial charge < -0.3 is 10.6 Å². The Kier molecular flexibility index (Phi) is 5.53. The molecule has 1 saturated carbocycles. The molecule has 1 heterocycles. The number of hydrogen-bond donors (Lipinski definition) is 1. The predicted octanol–water partition coefficient (Wildman–Crippen LogP) is 3.90. The number of nitrogens with zero attached hydrogens (tertiary/aromatic N) is 1. The SMILES string of the molecule is CC1CCCN(C2CC(C(C)(C)C)CCC2CN)CC1. The highest BCUT2D eigenvalue weighted by Crippen LogP contribution is 2.41. The van der Waals surface area contributed by atoms with E-state index in [1.807, 2.05) is 0 Å². The van der Waals surface area contributed by atoms with Gasteiger partial charge in [0.15, 0.2) is 0 Å². The Morgan fingerprint density at radius 2 is 1.80 bits per heavy atom. The molecule has 0 amide bonds. The minimum Gasteiger partial charge on any atom is -0.330 e. The zero-order valence-corrected chi connectivity index (χ0v) is 14.2. The molecule has 0 spiro atoms. The fourth-order valence-corrected chi connectivity index (χ4v) is 4.34. The molecule has 118 valence electrons. The Bertz CT molecular complexity index is 294. The first-order valence-electron chi connectivity index (χ1n) is 8.86. The van der Waals surface area contributed by atoms with Crippen molar-refractivity contribution in [3.63, 3.8) is 0 Å². The fourth-order valence-electron chi connectivity index (χ4n) is 4.34. The zero-order chi connectivity index (χ0) is 14.8. The van der Waals surface area contributed by atoms with Gasteiger partial charge in [0.2, 0.25) is 0 Å². The summed E-state index contributed by atoms with van der Waals surface area (Å²) >= 11 is 0. The van der Waals surface area contributed by atoms with Crippen molar-refractivity contribution in [3.8, 4) is 0 Å². The predicted molar refractivity (Wildman–Crippen MR) is 87.7 cm³/mol. The third-order valence-corrected chi connectivity index (χ3v) is 6.00. The molecule has 0 aromatic carbocycles. The number of nitrogens with two attached hydrogens (primary N) is 1. The molecule has 2 fully saturated rings. The molecule has 2 aliphatic rings. The van der Waals surface area contributed by atoms with Crippen molar-refractivity contribution in [2.24, 2.45) is 28.9 Å². The van der Waals surface area contributed by atoms with E-state index in [-0.39, 0.29) is 0 Å². The van der Waals surface area contributed by atoms with Crippen molar-refractivity contribution in [3.05, 3.63) is 0 Å². The molecule has 1 aliphatic carbocycles. The lowest BCUT2D eigenvalue weighted by Gasteiger charge is -2.46. The zero-order valence-electron chi connectivity index (χ0n) is 14.2. The summed E-state index contributed by atoms with van der Waals surface area (Å²) in [5.74, 6) is 2.52. The second kappa shape index (κ2) is 6.79. The van der Waals surface area contributed by atoms with Crippen LogP contribution in [0, 0.1) is 23.2 Å². The van der Waals surface area contributed by atoms with Gasteiger partial charge >= 0.3 is 0 Å². The molecule has 2 rings (SSSR count). The molecular weight excluding hydrogens is 244 g/mol. The third-order valence-electron chi connectivity index (χ3n) is 6.00. The van der Waals surface area contributed by atoms with Gasteiger partial charge in [-0.15, -0.1) is 0 Å². The summed E-state index contributed by atoms with van der Waals surface area (Å²) in [5, 5.41) is 0. The number of likely N-dealkylation sites (tertiary alicyclic amines) is 1. The molecule has 0 aromatic heterocycles. The molecule has 0 bridgehead atoms. The van der Waals surface area contributed by atoms with E-state index in [1.165, 1.54) is 51.6 Å². The summed E-state index contributed by atoms with van der Waals surface area (Å²) in [6, 6.07) is 0.753. The first kappa shape index (κ1) is 16.3. The van der Waals surface area contributed by atoms with E-state index in [9.17, 15) is 0 Å². The average molecular weight is 280 g/mol. The van der Waals surface area contributed by atoms with Crippen molar-refractivity contribution in [2.75, 3.05) is 19.6 Å². The quantitative estimate of drug-likeness (QED) is 0.831. The van der Waals surface area contributed by atoms with E-state index in [1.54, 1.807) is 0 Å². The van der Waals surface area contributed by atoms with Gasteiger partial charge in [0.05, 0.1) is 0 Å². The van der Waals surface area contributed by atoms with E-state index >= 15 is 0 Å². The summed E-state index contributed by atoms with van der Waals surface area (Å²) in [5.41, 5.74) is 6.55. The summed E-state index contributed by atoms with van der Waals surface area (Å²) in [6.07, 6.45) is 8.28. The van der Waals surface area contributed by atoms with Crippen LogP contribution in [0.4, 0.5) is 0 Å². The smallest absolute Gasteiger partial charge is 0.0138 e. The van der Waals surface area contributed by atoms with Crippen molar-refractivity contribution < 1.29 is 0 Å². The Morgan fingerprint density at radius 1 is 1.05 bits per heavy atom. The van der Waals surface area contributed by atoms with E-state index < -0.39 is 0 Å². The molecule has 0 radical (unpaired) electrons. The van der Waals surface area contributed by atoms with Gasteiger partial charge in [-0.1, -0.05) is 27.7 Å². The highest BCUT2D eigenvalue weighted by atomic mass is 15.2. The molecule has 2 heteroatoms. The third kappa shape index (κ3) is 3.98. The normalized spacial score (nSPS) is 37.6. The summed E-state index contributed by atoms with van der Waals surface area (Å²) < 4.78 is 0. The monoisotopic (exact) mass is 280 g/mol. The van der Waals surface area contributed by atoms with E-state index in [0.717, 1.165) is 30.3 Å². The lowest BCUT2D eigenvalue weighted by atomic mass is 9.67. The van der Waals surface area contributed by atoms with Gasteiger partial charge in [-0.2, -0.15) is 0 Å². The maximum atomic E-state index is 6.09. The Balaban J connectivity index is 2.04. The molecule has 1 saturated heterocycles. The molecule has 0 aromatic rings. The van der Waals surface area contributed by atoms with Gasteiger partial charge in [-0.25, -0.2) is 0 Å².